The van der Waals surface area contributed by atoms with E-state index in [1.165, 1.54) is 24.0 Å². The van der Waals surface area contributed by atoms with Crippen LogP contribution in [0.5, 0.6) is 0 Å². The molecule has 0 radical (unpaired) electrons. The van der Waals surface area contributed by atoms with Crippen LogP contribution in [-0.2, 0) is 4.74 Å². The number of nitrogens with one attached hydrogen (secondary N) is 1. The molecule has 4 rings (SSSR count). The summed E-state index contributed by atoms with van der Waals surface area (Å²) >= 11 is 0. The van der Waals surface area contributed by atoms with Gasteiger partial charge in [-0.15, -0.1) is 5.10 Å². The predicted octanol–water partition coefficient (Wildman–Crippen LogP) is 5.47. The maximum absolute atomic E-state index is 12.2. The molecule has 0 aliphatic heterocycles. The third-order valence-electron chi connectivity index (χ3n) is 4.86. The lowest BCUT2D eigenvalue weighted by molar-refractivity contribution is 0.0634. The van der Waals surface area contributed by atoms with Gasteiger partial charge in [0.05, 0.1) is 5.69 Å². The van der Waals surface area contributed by atoms with E-state index in [9.17, 15) is 4.79 Å². The van der Waals surface area contributed by atoms with E-state index in [2.05, 4.69) is 52.0 Å². The van der Waals surface area contributed by atoms with Gasteiger partial charge in [-0.25, -0.2) is 4.79 Å². The maximum atomic E-state index is 12.2. The van der Waals surface area contributed by atoms with E-state index < -0.39 is 11.7 Å². The van der Waals surface area contributed by atoms with Crippen molar-refractivity contribution in [2.45, 2.75) is 52.1 Å². The lowest BCUT2D eigenvalue weighted by atomic mass is 10.0. The molecule has 29 heavy (non-hydrogen) atoms. The van der Waals surface area contributed by atoms with Crippen LogP contribution < -0.4 is 5.32 Å². The van der Waals surface area contributed by atoms with Crippen LogP contribution >= 0.6 is 0 Å². The minimum Gasteiger partial charge on any atom is -0.444 e. The van der Waals surface area contributed by atoms with Gasteiger partial charge in [0.1, 0.15) is 11.3 Å². The zero-order valence-electron chi connectivity index (χ0n) is 17.3. The number of aryl methyl sites for hydroxylation is 1. The van der Waals surface area contributed by atoms with E-state index in [1.807, 2.05) is 32.9 Å². The van der Waals surface area contributed by atoms with Gasteiger partial charge in [-0.2, -0.15) is 4.68 Å². The molecule has 1 aliphatic rings. The van der Waals surface area contributed by atoms with Crippen molar-refractivity contribution >= 4 is 11.9 Å². The summed E-state index contributed by atoms with van der Waals surface area (Å²) in [6.07, 6.45) is 2.09. The molecular formula is C23H26N4O2. The Labute approximate surface area is 170 Å². The standard InChI is InChI=1S/C23H26N4O2/c1-15-21(24-22(28)29-23(2,3)4)27(26-25-15)20-13-11-19(12-14-20)18-9-7-17(8-10-18)16-5-6-16/h7-14,16H,5-6H2,1-4H3,(H,24,28). The number of rotatable bonds is 4. The molecule has 0 spiro atoms. The number of nitrogens with zero attached hydrogens (tertiary/aromatic N) is 3. The second-order valence-electron chi connectivity index (χ2n) is 8.51. The van der Waals surface area contributed by atoms with Gasteiger partial charge in [0, 0.05) is 0 Å². The Morgan fingerprint density at radius 1 is 1.03 bits per heavy atom. The lowest BCUT2D eigenvalue weighted by Gasteiger charge is -2.20. The molecule has 1 aliphatic carbocycles. The van der Waals surface area contributed by atoms with Crippen molar-refractivity contribution in [2.75, 3.05) is 5.32 Å². The first kappa shape index (κ1) is 19.2. The van der Waals surface area contributed by atoms with E-state index in [4.69, 9.17) is 4.74 Å². The van der Waals surface area contributed by atoms with Crippen LogP contribution in [0.15, 0.2) is 48.5 Å². The first-order chi connectivity index (χ1) is 13.8. The number of benzene rings is 2. The predicted molar refractivity (Wildman–Crippen MR) is 113 cm³/mol. The van der Waals surface area contributed by atoms with Crippen LogP contribution in [0.3, 0.4) is 0 Å². The number of aromatic nitrogens is 3. The maximum Gasteiger partial charge on any atom is 0.413 e. The molecule has 0 saturated heterocycles. The SMILES string of the molecule is Cc1nnn(-c2ccc(-c3ccc(C4CC4)cc3)cc2)c1NC(=O)OC(C)(C)C. The summed E-state index contributed by atoms with van der Waals surface area (Å²) in [6, 6.07) is 16.9. The zero-order chi connectivity index (χ0) is 20.6. The molecule has 6 nitrogen and oxygen atoms in total. The number of amides is 1. The third kappa shape index (κ3) is 4.47. The van der Waals surface area contributed by atoms with Crippen molar-refractivity contribution in [2.24, 2.45) is 0 Å². The quantitative estimate of drug-likeness (QED) is 0.641. The van der Waals surface area contributed by atoms with Crippen molar-refractivity contribution in [3.05, 3.63) is 59.8 Å². The number of ether oxygens (including phenoxy) is 1. The van der Waals surface area contributed by atoms with Gasteiger partial charge >= 0.3 is 6.09 Å². The molecule has 0 unspecified atom stereocenters. The van der Waals surface area contributed by atoms with Crippen molar-refractivity contribution in [3.63, 3.8) is 0 Å². The van der Waals surface area contributed by atoms with E-state index in [0.29, 0.717) is 11.5 Å². The summed E-state index contributed by atoms with van der Waals surface area (Å²) in [5.41, 5.74) is 4.61. The average Bonchev–Trinajstić information content (AvgIpc) is 3.46. The topological polar surface area (TPSA) is 69.0 Å². The largest absolute Gasteiger partial charge is 0.444 e. The highest BCUT2D eigenvalue weighted by Gasteiger charge is 2.23. The molecule has 1 aromatic heterocycles. The first-order valence-electron chi connectivity index (χ1n) is 9.93. The summed E-state index contributed by atoms with van der Waals surface area (Å²) in [5, 5.41) is 11.0. The van der Waals surface area contributed by atoms with Gasteiger partial charge in [-0.05, 0) is 75.3 Å². The summed E-state index contributed by atoms with van der Waals surface area (Å²) < 4.78 is 6.96. The van der Waals surface area contributed by atoms with Crippen molar-refractivity contribution in [1.29, 1.82) is 0 Å². The lowest BCUT2D eigenvalue weighted by Crippen LogP contribution is -2.28. The highest BCUT2D eigenvalue weighted by Crippen LogP contribution is 2.40. The molecular weight excluding hydrogens is 364 g/mol. The highest BCUT2D eigenvalue weighted by molar-refractivity contribution is 5.84. The molecule has 150 valence electrons. The zero-order valence-corrected chi connectivity index (χ0v) is 17.3. The number of carbonyl (C=O) groups is 1. The van der Waals surface area contributed by atoms with Crippen molar-refractivity contribution < 1.29 is 9.53 Å². The van der Waals surface area contributed by atoms with Crippen LogP contribution in [0.4, 0.5) is 10.6 Å². The van der Waals surface area contributed by atoms with Gasteiger partial charge in [-0.1, -0.05) is 41.6 Å². The van der Waals surface area contributed by atoms with Crippen molar-refractivity contribution in [1.82, 2.24) is 15.0 Å². The second kappa shape index (κ2) is 7.35. The summed E-state index contributed by atoms with van der Waals surface area (Å²) in [7, 11) is 0. The van der Waals surface area contributed by atoms with Crippen LogP contribution in [-0.4, -0.2) is 26.7 Å². The Hall–Kier alpha value is -3.15. The molecule has 0 bridgehead atoms. The Kier molecular flexibility index (Phi) is 4.86. The van der Waals surface area contributed by atoms with Gasteiger partial charge < -0.3 is 4.74 Å². The molecule has 2 aromatic carbocycles. The van der Waals surface area contributed by atoms with Crippen LogP contribution in [0.25, 0.3) is 16.8 Å². The fourth-order valence-electron chi connectivity index (χ4n) is 3.24. The molecule has 6 heteroatoms. The van der Waals surface area contributed by atoms with Crippen molar-refractivity contribution in [3.8, 4) is 16.8 Å². The van der Waals surface area contributed by atoms with Crippen LogP contribution in [0.2, 0.25) is 0 Å². The number of hydrogen-bond acceptors (Lipinski definition) is 4. The van der Waals surface area contributed by atoms with E-state index in [-0.39, 0.29) is 0 Å². The second-order valence-corrected chi connectivity index (χ2v) is 8.51. The van der Waals surface area contributed by atoms with Gasteiger partial charge in [0.2, 0.25) is 0 Å². The van der Waals surface area contributed by atoms with E-state index >= 15 is 0 Å². The molecule has 0 atom stereocenters. The minimum absolute atomic E-state index is 0.501. The van der Waals surface area contributed by atoms with Crippen LogP contribution in [0.1, 0.15) is 50.8 Å². The average molecular weight is 390 g/mol. The number of anilines is 1. The Bertz CT molecular complexity index is 1010. The Balaban J connectivity index is 1.54. The van der Waals surface area contributed by atoms with E-state index in [1.54, 1.807) is 11.6 Å². The highest BCUT2D eigenvalue weighted by atomic mass is 16.6. The fraction of sp³-hybridized carbons (Fsp3) is 0.348. The van der Waals surface area contributed by atoms with Gasteiger partial charge in [-0.3, -0.25) is 5.32 Å². The molecule has 1 fully saturated rings. The smallest absolute Gasteiger partial charge is 0.413 e. The molecule has 1 heterocycles. The van der Waals surface area contributed by atoms with Gasteiger partial charge in [0.25, 0.3) is 0 Å². The minimum atomic E-state index is -0.576. The van der Waals surface area contributed by atoms with Crippen LogP contribution in [0, 0.1) is 6.92 Å². The normalized spacial score (nSPS) is 13.9. The molecule has 1 N–H and O–H groups in total. The summed E-state index contributed by atoms with van der Waals surface area (Å²) in [6.45, 7) is 7.27. The third-order valence-corrected chi connectivity index (χ3v) is 4.86. The Morgan fingerprint density at radius 3 is 2.17 bits per heavy atom. The summed E-state index contributed by atoms with van der Waals surface area (Å²) in [5.74, 6) is 1.26. The van der Waals surface area contributed by atoms with E-state index in [0.717, 1.165) is 17.2 Å². The molecule has 3 aromatic rings. The molecule has 1 amide bonds. The Morgan fingerprint density at radius 2 is 1.62 bits per heavy atom. The molecule has 1 saturated carbocycles. The monoisotopic (exact) mass is 390 g/mol. The fourth-order valence-corrected chi connectivity index (χ4v) is 3.24. The number of carbonyl (C=O) groups excluding carboxylic acids is 1. The number of hydrogen-bond donors (Lipinski definition) is 1. The summed E-state index contributed by atoms with van der Waals surface area (Å²) in [4.78, 5) is 12.2. The van der Waals surface area contributed by atoms with Gasteiger partial charge in [0.15, 0.2) is 5.82 Å². The first-order valence-corrected chi connectivity index (χ1v) is 9.93.